The average Bonchev–Trinajstić information content (AvgIpc) is 2.20. The van der Waals surface area contributed by atoms with Crippen molar-refractivity contribution in [2.45, 2.75) is 52.6 Å². The number of rotatable bonds is 4. The maximum Gasteiger partial charge on any atom is 0.271 e. The molecule has 1 heterocycles. The average molecular weight is 223 g/mol. The van der Waals surface area contributed by atoms with Gasteiger partial charge in [0.05, 0.1) is 5.69 Å². The quantitative estimate of drug-likeness (QED) is 0.846. The van der Waals surface area contributed by atoms with Gasteiger partial charge < -0.3 is 5.73 Å². The largest absolute Gasteiger partial charge is 0.324 e. The van der Waals surface area contributed by atoms with Crippen molar-refractivity contribution in [2.24, 2.45) is 5.73 Å². The molecule has 1 aromatic heterocycles. The van der Waals surface area contributed by atoms with Crippen LogP contribution in [0, 0.1) is 0 Å². The highest BCUT2D eigenvalue weighted by Gasteiger charge is 2.12. The number of hydrogen-bond acceptors (Lipinski definition) is 3. The highest BCUT2D eigenvalue weighted by atomic mass is 16.1. The molecular weight excluding hydrogens is 202 g/mol. The van der Waals surface area contributed by atoms with Gasteiger partial charge in [-0.2, -0.15) is 5.10 Å². The molecule has 0 aliphatic heterocycles. The summed E-state index contributed by atoms with van der Waals surface area (Å²) in [5.41, 5.74) is 7.34. The van der Waals surface area contributed by atoms with Crippen molar-refractivity contribution >= 4 is 0 Å². The Morgan fingerprint density at radius 3 is 2.50 bits per heavy atom. The number of nitrogens with zero attached hydrogens (tertiary/aromatic N) is 2. The zero-order valence-corrected chi connectivity index (χ0v) is 10.5. The van der Waals surface area contributed by atoms with E-state index < -0.39 is 0 Å². The molecule has 0 aromatic carbocycles. The highest BCUT2D eigenvalue weighted by molar-refractivity contribution is 5.18. The van der Waals surface area contributed by atoms with Crippen molar-refractivity contribution in [2.75, 3.05) is 0 Å². The summed E-state index contributed by atoms with van der Waals surface area (Å²) in [6.45, 7) is 8.64. The molecule has 0 radical (unpaired) electrons. The van der Waals surface area contributed by atoms with E-state index in [1.165, 1.54) is 4.68 Å². The van der Waals surface area contributed by atoms with Gasteiger partial charge in [-0.3, -0.25) is 4.79 Å². The predicted octanol–water partition coefficient (Wildman–Crippen LogP) is 1.80. The highest BCUT2D eigenvalue weighted by Crippen LogP contribution is 2.13. The molecule has 1 rings (SSSR count). The van der Waals surface area contributed by atoms with Crippen LogP contribution in [0.3, 0.4) is 0 Å². The van der Waals surface area contributed by atoms with Crippen LogP contribution in [0.2, 0.25) is 0 Å². The van der Waals surface area contributed by atoms with Crippen molar-refractivity contribution in [1.82, 2.24) is 9.78 Å². The second-order valence-corrected chi connectivity index (χ2v) is 4.50. The molecule has 0 amide bonds. The molecule has 16 heavy (non-hydrogen) atoms. The summed E-state index contributed by atoms with van der Waals surface area (Å²) in [5, 5.41) is 4.35. The Labute approximate surface area is 96.5 Å². The summed E-state index contributed by atoms with van der Waals surface area (Å²) >= 11 is 0. The normalized spacial score (nSPS) is 13.1. The number of nitrogens with two attached hydrogens (primary N) is 1. The van der Waals surface area contributed by atoms with E-state index in [9.17, 15) is 4.79 Å². The number of aromatic nitrogens is 2. The maximum absolute atomic E-state index is 12.0. The summed E-state index contributed by atoms with van der Waals surface area (Å²) in [6.07, 6.45) is 0.896. The monoisotopic (exact) mass is 223 g/mol. The molecule has 0 spiro atoms. The molecule has 0 aliphatic carbocycles. The Hall–Kier alpha value is -1.16. The van der Waals surface area contributed by atoms with E-state index in [-0.39, 0.29) is 11.6 Å². The Bertz CT molecular complexity index is 407. The molecule has 4 nitrogen and oxygen atoms in total. The topological polar surface area (TPSA) is 60.9 Å². The Morgan fingerprint density at radius 2 is 2.06 bits per heavy atom. The van der Waals surface area contributed by atoms with Crippen LogP contribution in [-0.2, 0) is 6.54 Å². The van der Waals surface area contributed by atoms with Crippen LogP contribution in [0.5, 0.6) is 0 Å². The minimum absolute atomic E-state index is 0.0544. The molecular formula is C12H21N3O. The van der Waals surface area contributed by atoms with Crippen LogP contribution in [0.4, 0.5) is 0 Å². The summed E-state index contributed by atoms with van der Waals surface area (Å²) in [4.78, 5) is 12.0. The fraction of sp³-hybridized carbons (Fsp3) is 0.667. The van der Waals surface area contributed by atoms with Gasteiger partial charge in [0.25, 0.3) is 5.56 Å². The molecule has 1 unspecified atom stereocenters. The second-order valence-electron chi connectivity index (χ2n) is 4.50. The second kappa shape index (κ2) is 5.25. The summed E-state index contributed by atoms with van der Waals surface area (Å²) in [7, 11) is 0. The van der Waals surface area contributed by atoms with Crippen LogP contribution in [0.15, 0.2) is 10.9 Å². The fourth-order valence-corrected chi connectivity index (χ4v) is 1.56. The molecule has 1 atom stereocenters. The van der Waals surface area contributed by atoms with Crippen LogP contribution in [0.1, 0.15) is 57.3 Å². The lowest BCUT2D eigenvalue weighted by molar-refractivity contribution is 0.535. The van der Waals surface area contributed by atoms with E-state index in [1.807, 2.05) is 19.9 Å². The van der Waals surface area contributed by atoms with Crippen LogP contribution < -0.4 is 11.3 Å². The summed E-state index contributed by atoms with van der Waals surface area (Å²) in [5.74, 6) is 0.307. The molecule has 4 heteroatoms. The SMILES string of the molecule is CCCn1nc(C(C)C)cc(C(C)N)c1=O. The molecule has 0 saturated heterocycles. The van der Waals surface area contributed by atoms with E-state index in [4.69, 9.17) is 5.73 Å². The van der Waals surface area contributed by atoms with E-state index in [1.54, 1.807) is 0 Å². The Morgan fingerprint density at radius 1 is 1.44 bits per heavy atom. The maximum atomic E-state index is 12.0. The third-order valence-corrected chi connectivity index (χ3v) is 2.54. The smallest absolute Gasteiger partial charge is 0.271 e. The molecule has 90 valence electrons. The van der Waals surface area contributed by atoms with E-state index in [0.29, 0.717) is 18.0 Å². The zero-order chi connectivity index (χ0) is 12.3. The predicted molar refractivity (Wildman–Crippen MR) is 65.5 cm³/mol. The Kier molecular flexibility index (Phi) is 4.24. The standard InChI is InChI=1S/C12H21N3O/c1-5-6-15-12(16)10(9(4)13)7-11(14-15)8(2)3/h7-9H,5-6,13H2,1-4H3. The lowest BCUT2D eigenvalue weighted by Crippen LogP contribution is -2.30. The van der Waals surface area contributed by atoms with Gasteiger partial charge >= 0.3 is 0 Å². The molecule has 2 N–H and O–H groups in total. The van der Waals surface area contributed by atoms with Crippen LogP contribution >= 0.6 is 0 Å². The lowest BCUT2D eigenvalue weighted by atomic mass is 10.1. The molecule has 0 fully saturated rings. The third kappa shape index (κ3) is 2.70. The first-order valence-electron chi connectivity index (χ1n) is 5.84. The molecule has 0 saturated carbocycles. The van der Waals surface area contributed by atoms with E-state index in [2.05, 4.69) is 18.9 Å². The van der Waals surface area contributed by atoms with Crippen LogP contribution in [0.25, 0.3) is 0 Å². The van der Waals surface area contributed by atoms with E-state index >= 15 is 0 Å². The van der Waals surface area contributed by atoms with Crippen LogP contribution in [-0.4, -0.2) is 9.78 Å². The first-order valence-corrected chi connectivity index (χ1v) is 5.84. The van der Waals surface area contributed by atoms with Gasteiger partial charge in [-0.05, 0) is 25.3 Å². The van der Waals surface area contributed by atoms with Gasteiger partial charge in [-0.1, -0.05) is 20.8 Å². The van der Waals surface area contributed by atoms with Gasteiger partial charge in [0.1, 0.15) is 0 Å². The summed E-state index contributed by atoms with van der Waals surface area (Å²) < 4.78 is 1.54. The van der Waals surface area contributed by atoms with Crippen molar-refractivity contribution in [3.8, 4) is 0 Å². The van der Waals surface area contributed by atoms with Gasteiger partial charge in [-0.15, -0.1) is 0 Å². The summed E-state index contributed by atoms with van der Waals surface area (Å²) in [6, 6.07) is 1.60. The van der Waals surface area contributed by atoms with Gasteiger partial charge in [-0.25, -0.2) is 4.68 Å². The van der Waals surface area contributed by atoms with Gasteiger partial charge in [0.15, 0.2) is 0 Å². The van der Waals surface area contributed by atoms with Gasteiger partial charge in [0.2, 0.25) is 0 Å². The van der Waals surface area contributed by atoms with Crippen molar-refractivity contribution < 1.29 is 0 Å². The minimum atomic E-state index is -0.240. The Balaban J connectivity index is 3.33. The van der Waals surface area contributed by atoms with E-state index in [0.717, 1.165) is 12.1 Å². The fourth-order valence-electron chi connectivity index (χ4n) is 1.56. The third-order valence-electron chi connectivity index (χ3n) is 2.54. The lowest BCUT2D eigenvalue weighted by Gasteiger charge is -2.13. The number of aryl methyl sites for hydroxylation is 1. The minimum Gasteiger partial charge on any atom is -0.324 e. The van der Waals surface area contributed by atoms with Crippen molar-refractivity contribution in [1.29, 1.82) is 0 Å². The molecule has 0 aliphatic rings. The zero-order valence-electron chi connectivity index (χ0n) is 10.5. The first kappa shape index (κ1) is 12.9. The van der Waals surface area contributed by atoms with Crippen molar-refractivity contribution in [3.05, 3.63) is 27.7 Å². The molecule has 1 aromatic rings. The number of hydrogen-bond donors (Lipinski definition) is 1. The molecule has 0 bridgehead atoms. The van der Waals surface area contributed by atoms with Crippen molar-refractivity contribution in [3.63, 3.8) is 0 Å². The van der Waals surface area contributed by atoms with Gasteiger partial charge in [0, 0.05) is 18.2 Å². The first-order chi connectivity index (χ1) is 7.47.